The summed E-state index contributed by atoms with van der Waals surface area (Å²) in [5.41, 5.74) is 0. The highest BCUT2D eigenvalue weighted by atomic mass is 32.1. The average molecular weight is 278 g/mol. The van der Waals surface area contributed by atoms with Crippen molar-refractivity contribution in [3.8, 4) is 0 Å². The fraction of sp³-hybridized carbons (Fsp3) is 0.750. The first-order valence-electron chi connectivity index (χ1n) is 7.74. The zero-order chi connectivity index (χ0) is 13.2. The first-order valence-corrected chi connectivity index (χ1v) is 8.62. The highest BCUT2D eigenvalue weighted by Crippen LogP contribution is 2.28. The van der Waals surface area contributed by atoms with Crippen LogP contribution in [0.4, 0.5) is 0 Å². The highest BCUT2D eigenvalue weighted by Gasteiger charge is 2.36. The summed E-state index contributed by atoms with van der Waals surface area (Å²) in [5, 5.41) is 2.20. The zero-order valence-corrected chi connectivity index (χ0v) is 13.0. The van der Waals surface area contributed by atoms with Crippen LogP contribution in [0.2, 0.25) is 0 Å². The highest BCUT2D eigenvalue weighted by molar-refractivity contribution is 7.09. The molecule has 2 unspecified atom stereocenters. The Balaban J connectivity index is 1.72. The molecule has 3 heteroatoms. The third-order valence-corrected chi connectivity index (χ3v) is 5.65. The number of hydrogen-bond acceptors (Lipinski definition) is 3. The maximum absolute atomic E-state index is 2.76. The third kappa shape index (κ3) is 3.04. The van der Waals surface area contributed by atoms with Crippen LogP contribution in [0.15, 0.2) is 17.5 Å². The Morgan fingerprint density at radius 2 is 2.21 bits per heavy atom. The van der Waals surface area contributed by atoms with Crippen LogP contribution in [-0.2, 0) is 6.54 Å². The van der Waals surface area contributed by atoms with Crippen LogP contribution in [-0.4, -0.2) is 41.5 Å². The molecule has 0 amide bonds. The maximum atomic E-state index is 2.76. The molecule has 2 fully saturated rings. The predicted molar refractivity (Wildman–Crippen MR) is 82.6 cm³/mol. The molecule has 0 spiro atoms. The first kappa shape index (κ1) is 13.6. The van der Waals surface area contributed by atoms with Gasteiger partial charge in [0.1, 0.15) is 0 Å². The molecule has 2 aliphatic heterocycles. The molecule has 0 bridgehead atoms. The molecule has 0 aliphatic carbocycles. The van der Waals surface area contributed by atoms with Gasteiger partial charge in [0.05, 0.1) is 0 Å². The van der Waals surface area contributed by atoms with E-state index in [9.17, 15) is 0 Å². The van der Waals surface area contributed by atoms with Crippen LogP contribution in [0, 0.1) is 5.92 Å². The molecule has 0 N–H and O–H groups in total. The molecular weight excluding hydrogens is 252 g/mol. The van der Waals surface area contributed by atoms with Crippen molar-refractivity contribution in [2.75, 3.05) is 19.6 Å². The maximum Gasteiger partial charge on any atom is 0.0332 e. The van der Waals surface area contributed by atoms with E-state index in [1.807, 2.05) is 11.3 Å². The Morgan fingerprint density at radius 3 is 2.95 bits per heavy atom. The van der Waals surface area contributed by atoms with Crippen LogP contribution >= 0.6 is 11.3 Å². The van der Waals surface area contributed by atoms with Gasteiger partial charge in [-0.05, 0) is 36.8 Å². The summed E-state index contributed by atoms with van der Waals surface area (Å²) in [6, 6.07) is 6.02. The van der Waals surface area contributed by atoms with Gasteiger partial charge in [-0.1, -0.05) is 26.3 Å². The lowest BCUT2D eigenvalue weighted by atomic mass is 9.92. The van der Waals surface area contributed by atoms with Crippen LogP contribution in [0.25, 0.3) is 0 Å². The van der Waals surface area contributed by atoms with E-state index in [0.717, 1.165) is 24.5 Å². The van der Waals surface area contributed by atoms with Crippen LogP contribution in [0.1, 0.15) is 38.0 Å². The minimum atomic E-state index is 0.733. The van der Waals surface area contributed by atoms with E-state index in [-0.39, 0.29) is 0 Å². The minimum absolute atomic E-state index is 0.733. The van der Waals surface area contributed by atoms with Gasteiger partial charge in [0.25, 0.3) is 0 Å². The third-order valence-electron chi connectivity index (χ3n) is 4.79. The van der Waals surface area contributed by atoms with Crippen molar-refractivity contribution in [3.05, 3.63) is 22.4 Å². The monoisotopic (exact) mass is 278 g/mol. The molecule has 106 valence electrons. The van der Waals surface area contributed by atoms with Gasteiger partial charge in [-0.15, -0.1) is 11.3 Å². The fourth-order valence-electron chi connectivity index (χ4n) is 3.69. The molecule has 2 nitrogen and oxygen atoms in total. The quantitative estimate of drug-likeness (QED) is 0.835. The van der Waals surface area contributed by atoms with Gasteiger partial charge in [-0.2, -0.15) is 0 Å². The molecular formula is C16H26N2S. The van der Waals surface area contributed by atoms with Crippen LogP contribution in [0.3, 0.4) is 0 Å². The zero-order valence-electron chi connectivity index (χ0n) is 12.2. The summed E-state index contributed by atoms with van der Waals surface area (Å²) < 4.78 is 0. The molecule has 0 radical (unpaired) electrons. The Labute approximate surface area is 121 Å². The van der Waals surface area contributed by atoms with Gasteiger partial charge in [-0.3, -0.25) is 9.80 Å². The van der Waals surface area contributed by atoms with Gasteiger partial charge < -0.3 is 0 Å². The summed E-state index contributed by atoms with van der Waals surface area (Å²) in [6.45, 7) is 9.83. The Hall–Kier alpha value is -0.380. The Kier molecular flexibility index (Phi) is 4.25. The lowest BCUT2D eigenvalue weighted by molar-refractivity contribution is -0.0113. The number of hydrogen-bond donors (Lipinski definition) is 0. The molecule has 1 aromatic heterocycles. The molecule has 0 saturated carbocycles. The van der Waals surface area contributed by atoms with Crippen LogP contribution < -0.4 is 0 Å². The number of piperazine rings is 1. The number of piperidine rings is 1. The summed E-state index contributed by atoms with van der Waals surface area (Å²) in [5.74, 6) is 0.753. The van der Waals surface area contributed by atoms with E-state index < -0.39 is 0 Å². The van der Waals surface area contributed by atoms with E-state index in [0.29, 0.717) is 0 Å². The van der Waals surface area contributed by atoms with Gasteiger partial charge in [-0.25, -0.2) is 0 Å². The minimum Gasteiger partial charge on any atom is -0.298 e. The van der Waals surface area contributed by atoms with Crippen molar-refractivity contribution >= 4 is 11.3 Å². The topological polar surface area (TPSA) is 6.48 Å². The van der Waals surface area contributed by atoms with E-state index in [1.54, 1.807) is 0 Å². The van der Waals surface area contributed by atoms with Crippen molar-refractivity contribution in [3.63, 3.8) is 0 Å². The molecule has 3 heterocycles. The fourth-order valence-corrected chi connectivity index (χ4v) is 4.42. The second kappa shape index (κ2) is 5.94. The molecule has 0 aromatic carbocycles. The van der Waals surface area contributed by atoms with Crippen molar-refractivity contribution in [2.24, 2.45) is 5.92 Å². The van der Waals surface area contributed by atoms with E-state index in [2.05, 4.69) is 41.2 Å². The predicted octanol–water partition coefficient (Wildman–Crippen LogP) is 3.44. The SMILES string of the molecule is CC(C)C1CN2CCCCC2CN1Cc1cccs1. The van der Waals surface area contributed by atoms with Gasteiger partial charge in [0.15, 0.2) is 0 Å². The lowest BCUT2D eigenvalue weighted by Crippen LogP contribution is -2.60. The van der Waals surface area contributed by atoms with Crippen molar-refractivity contribution in [1.29, 1.82) is 0 Å². The number of fused-ring (bicyclic) bond motifs is 1. The molecule has 19 heavy (non-hydrogen) atoms. The largest absolute Gasteiger partial charge is 0.298 e. The second-order valence-electron chi connectivity index (χ2n) is 6.46. The standard InChI is InChI=1S/C16H26N2S/c1-13(2)16-12-17-8-4-3-6-14(17)10-18(16)11-15-7-5-9-19-15/h5,7,9,13-14,16H,3-4,6,8,10-12H2,1-2H3. The van der Waals surface area contributed by atoms with Gasteiger partial charge in [0.2, 0.25) is 0 Å². The average Bonchev–Trinajstić information content (AvgIpc) is 2.90. The molecule has 1 aromatic rings. The smallest absolute Gasteiger partial charge is 0.0332 e. The van der Waals surface area contributed by atoms with E-state index >= 15 is 0 Å². The summed E-state index contributed by atoms with van der Waals surface area (Å²) >= 11 is 1.90. The second-order valence-corrected chi connectivity index (χ2v) is 7.50. The summed E-state index contributed by atoms with van der Waals surface area (Å²) in [4.78, 5) is 7.04. The first-order chi connectivity index (χ1) is 9.24. The summed E-state index contributed by atoms with van der Waals surface area (Å²) in [6.07, 6.45) is 4.25. The van der Waals surface area contributed by atoms with E-state index in [1.165, 1.54) is 43.8 Å². The Morgan fingerprint density at radius 1 is 1.32 bits per heavy atom. The number of rotatable bonds is 3. The van der Waals surface area contributed by atoms with E-state index in [4.69, 9.17) is 0 Å². The van der Waals surface area contributed by atoms with Crippen LogP contribution in [0.5, 0.6) is 0 Å². The number of thiophene rings is 1. The van der Waals surface area contributed by atoms with Crippen molar-refractivity contribution in [2.45, 2.75) is 51.7 Å². The molecule has 2 aliphatic rings. The summed E-state index contributed by atoms with van der Waals surface area (Å²) in [7, 11) is 0. The van der Waals surface area contributed by atoms with Gasteiger partial charge in [0, 0.05) is 36.6 Å². The molecule has 2 atom stereocenters. The van der Waals surface area contributed by atoms with Crippen molar-refractivity contribution in [1.82, 2.24) is 9.80 Å². The van der Waals surface area contributed by atoms with Gasteiger partial charge >= 0.3 is 0 Å². The molecule has 2 saturated heterocycles. The normalized spacial score (nSPS) is 29.6. The van der Waals surface area contributed by atoms with Crippen molar-refractivity contribution < 1.29 is 0 Å². The molecule has 3 rings (SSSR count). The lowest BCUT2D eigenvalue weighted by Gasteiger charge is -2.49. The Bertz CT molecular complexity index is 387. The number of nitrogens with zero attached hydrogens (tertiary/aromatic N) is 2.